The maximum absolute atomic E-state index is 11.1. The third-order valence-corrected chi connectivity index (χ3v) is 2.40. The lowest BCUT2D eigenvalue weighted by molar-refractivity contribution is 0.108. The minimum absolute atomic E-state index is 0.350. The molecule has 0 N–H and O–H groups in total. The molecule has 0 saturated carbocycles. The van der Waals surface area contributed by atoms with Crippen LogP contribution in [0.3, 0.4) is 0 Å². The average molecular weight is 241 g/mol. The van der Waals surface area contributed by atoms with Crippen molar-refractivity contribution in [2.75, 3.05) is 14.2 Å². The number of rotatable bonds is 5. The molecule has 0 amide bonds. The number of ether oxygens (including phenoxy) is 2. The maximum Gasteiger partial charge on any atom is 0.252 e. The number of halogens is 1. The zero-order valence-electron chi connectivity index (χ0n) is 9.25. The molecule has 0 aliphatic rings. The van der Waals surface area contributed by atoms with E-state index in [0.29, 0.717) is 23.5 Å². The fourth-order valence-corrected chi connectivity index (χ4v) is 1.55. The molecule has 0 unspecified atom stereocenters. The van der Waals surface area contributed by atoms with Gasteiger partial charge in [-0.3, -0.25) is 4.79 Å². The Kier molecular flexibility index (Phi) is 4.38. The third kappa shape index (κ3) is 2.55. The van der Waals surface area contributed by atoms with E-state index < -0.39 is 5.24 Å². The van der Waals surface area contributed by atoms with Gasteiger partial charge in [0.15, 0.2) is 0 Å². The molecule has 1 rings (SSSR count). The lowest BCUT2D eigenvalue weighted by Gasteiger charge is -2.12. The van der Waals surface area contributed by atoms with Gasteiger partial charge < -0.3 is 9.47 Å². The van der Waals surface area contributed by atoms with Crippen LogP contribution in [-0.2, 0) is 6.42 Å². The summed E-state index contributed by atoms with van der Waals surface area (Å²) in [5, 5.41) is -0.540. The molecule has 4 heteroatoms. The van der Waals surface area contributed by atoms with Crippen LogP contribution in [0.15, 0.2) is 24.8 Å². The summed E-state index contributed by atoms with van der Waals surface area (Å²) in [6, 6.07) is 3.19. The average Bonchev–Trinajstić information content (AvgIpc) is 2.29. The summed E-state index contributed by atoms with van der Waals surface area (Å²) in [5.41, 5.74) is 1.20. The summed E-state index contributed by atoms with van der Waals surface area (Å²) in [7, 11) is 3.06. The monoisotopic (exact) mass is 240 g/mol. The zero-order valence-corrected chi connectivity index (χ0v) is 10.0. The van der Waals surface area contributed by atoms with Crippen LogP contribution in [0.4, 0.5) is 0 Å². The van der Waals surface area contributed by atoms with E-state index in [4.69, 9.17) is 21.1 Å². The zero-order chi connectivity index (χ0) is 12.1. The van der Waals surface area contributed by atoms with Gasteiger partial charge in [0.1, 0.15) is 11.5 Å². The highest BCUT2D eigenvalue weighted by molar-refractivity contribution is 6.67. The Morgan fingerprint density at radius 2 is 1.88 bits per heavy atom. The second kappa shape index (κ2) is 5.56. The van der Waals surface area contributed by atoms with Crippen LogP contribution in [0, 0.1) is 0 Å². The third-order valence-electron chi connectivity index (χ3n) is 2.18. The highest BCUT2D eigenvalue weighted by atomic mass is 35.5. The molecule has 0 aromatic heterocycles. The molecule has 0 atom stereocenters. The van der Waals surface area contributed by atoms with Crippen LogP contribution in [-0.4, -0.2) is 19.5 Å². The summed E-state index contributed by atoms with van der Waals surface area (Å²) < 4.78 is 10.4. The van der Waals surface area contributed by atoms with Crippen molar-refractivity contribution in [1.82, 2.24) is 0 Å². The number of carbonyl (C=O) groups is 1. The Labute approximate surface area is 99.6 Å². The van der Waals surface area contributed by atoms with Gasteiger partial charge >= 0.3 is 0 Å². The predicted molar refractivity (Wildman–Crippen MR) is 63.6 cm³/mol. The number of carbonyl (C=O) groups excluding carboxylic acids is 1. The van der Waals surface area contributed by atoms with Gasteiger partial charge in [-0.2, -0.15) is 0 Å². The van der Waals surface area contributed by atoms with E-state index in [0.717, 1.165) is 5.56 Å². The molecule has 0 heterocycles. The Hall–Kier alpha value is -1.48. The molecule has 16 heavy (non-hydrogen) atoms. The Morgan fingerprint density at radius 3 is 2.19 bits per heavy atom. The van der Waals surface area contributed by atoms with Crippen molar-refractivity contribution in [2.45, 2.75) is 6.42 Å². The van der Waals surface area contributed by atoms with Gasteiger partial charge in [0.25, 0.3) is 5.24 Å². The SMILES string of the molecule is C=CCc1c(OC)cc(C(=O)Cl)cc1OC. The van der Waals surface area contributed by atoms with E-state index in [1.54, 1.807) is 18.2 Å². The minimum Gasteiger partial charge on any atom is -0.496 e. The maximum atomic E-state index is 11.1. The van der Waals surface area contributed by atoms with E-state index in [1.807, 2.05) is 0 Å². The second-order valence-electron chi connectivity index (χ2n) is 3.13. The van der Waals surface area contributed by atoms with Crippen molar-refractivity contribution in [1.29, 1.82) is 0 Å². The Bertz CT molecular complexity index is 388. The molecule has 0 fully saturated rings. The topological polar surface area (TPSA) is 35.5 Å². The highest BCUT2D eigenvalue weighted by Crippen LogP contribution is 2.31. The summed E-state index contributed by atoms with van der Waals surface area (Å²) in [5.74, 6) is 1.14. The molecular weight excluding hydrogens is 228 g/mol. The van der Waals surface area contributed by atoms with Crippen molar-refractivity contribution in [3.05, 3.63) is 35.9 Å². The van der Waals surface area contributed by atoms with E-state index in [2.05, 4.69) is 6.58 Å². The molecule has 0 spiro atoms. The van der Waals surface area contributed by atoms with E-state index in [-0.39, 0.29) is 0 Å². The first-order valence-electron chi connectivity index (χ1n) is 4.69. The number of methoxy groups -OCH3 is 2. The van der Waals surface area contributed by atoms with Gasteiger partial charge in [0.2, 0.25) is 0 Å². The summed E-state index contributed by atoms with van der Waals surface area (Å²) >= 11 is 5.42. The summed E-state index contributed by atoms with van der Waals surface area (Å²) in [4.78, 5) is 11.1. The van der Waals surface area contributed by atoms with Gasteiger partial charge in [0.05, 0.1) is 14.2 Å². The van der Waals surface area contributed by atoms with Gasteiger partial charge in [-0.15, -0.1) is 6.58 Å². The lowest BCUT2D eigenvalue weighted by atomic mass is 10.1. The molecule has 0 bridgehead atoms. The molecule has 3 nitrogen and oxygen atoms in total. The normalized spacial score (nSPS) is 9.69. The minimum atomic E-state index is -0.540. The number of hydrogen-bond donors (Lipinski definition) is 0. The van der Waals surface area contributed by atoms with Gasteiger partial charge in [0, 0.05) is 11.1 Å². The highest BCUT2D eigenvalue weighted by Gasteiger charge is 2.13. The molecule has 0 saturated heterocycles. The number of hydrogen-bond acceptors (Lipinski definition) is 3. The van der Waals surface area contributed by atoms with Crippen LogP contribution >= 0.6 is 11.6 Å². The van der Waals surface area contributed by atoms with E-state index >= 15 is 0 Å². The summed E-state index contributed by atoms with van der Waals surface area (Å²) in [6.07, 6.45) is 2.34. The predicted octanol–water partition coefficient (Wildman–Crippen LogP) is 2.81. The fraction of sp³-hybridized carbons (Fsp3) is 0.250. The molecule has 86 valence electrons. The molecule has 0 aliphatic carbocycles. The van der Waals surface area contributed by atoms with Crippen LogP contribution in [0.1, 0.15) is 15.9 Å². The first-order chi connectivity index (χ1) is 7.63. The van der Waals surface area contributed by atoms with Crippen LogP contribution in [0.25, 0.3) is 0 Å². The Balaban J connectivity index is 3.35. The largest absolute Gasteiger partial charge is 0.496 e. The van der Waals surface area contributed by atoms with Gasteiger partial charge in [-0.1, -0.05) is 6.08 Å². The van der Waals surface area contributed by atoms with Crippen molar-refractivity contribution >= 4 is 16.8 Å². The van der Waals surface area contributed by atoms with Crippen molar-refractivity contribution in [3.8, 4) is 11.5 Å². The molecule has 0 radical (unpaired) electrons. The molecular formula is C12H13ClO3. The second-order valence-corrected chi connectivity index (χ2v) is 3.47. The quantitative estimate of drug-likeness (QED) is 0.587. The summed E-state index contributed by atoms with van der Waals surface area (Å²) in [6.45, 7) is 3.66. The fourth-order valence-electron chi connectivity index (χ4n) is 1.44. The number of benzene rings is 1. The molecule has 1 aromatic carbocycles. The van der Waals surface area contributed by atoms with Gasteiger partial charge in [-0.25, -0.2) is 0 Å². The smallest absolute Gasteiger partial charge is 0.252 e. The van der Waals surface area contributed by atoms with Crippen molar-refractivity contribution in [3.63, 3.8) is 0 Å². The standard InChI is InChI=1S/C12H13ClO3/c1-4-5-9-10(15-2)6-8(12(13)14)7-11(9)16-3/h4,6-7H,1,5H2,2-3H3. The van der Waals surface area contributed by atoms with Crippen LogP contribution < -0.4 is 9.47 Å². The first-order valence-corrected chi connectivity index (χ1v) is 5.07. The molecule has 1 aromatic rings. The number of allylic oxidation sites excluding steroid dienone is 1. The first kappa shape index (κ1) is 12.6. The Morgan fingerprint density at radius 1 is 1.38 bits per heavy atom. The van der Waals surface area contributed by atoms with Gasteiger partial charge in [-0.05, 0) is 30.2 Å². The van der Waals surface area contributed by atoms with E-state index in [9.17, 15) is 4.79 Å². The van der Waals surface area contributed by atoms with Crippen molar-refractivity contribution < 1.29 is 14.3 Å². The van der Waals surface area contributed by atoms with Crippen LogP contribution in [0.5, 0.6) is 11.5 Å². The van der Waals surface area contributed by atoms with Crippen molar-refractivity contribution in [2.24, 2.45) is 0 Å². The molecule has 0 aliphatic heterocycles. The lowest BCUT2D eigenvalue weighted by Crippen LogP contribution is -1.99. The van der Waals surface area contributed by atoms with Crippen LogP contribution in [0.2, 0.25) is 0 Å². The van der Waals surface area contributed by atoms with E-state index in [1.165, 1.54) is 14.2 Å².